The Bertz CT molecular complexity index is 770. The topological polar surface area (TPSA) is 37.4 Å². The van der Waals surface area contributed by atoms with Crippen LogP contribution in [-0.4, -0.2) is 33.9 Å². The second kappa shape index (κ2) is 7.96. The van der Waals surface area contributed by atoms with Gasteiger partial charge in [0.1, 0.15) is 0 Å². The molecule has 1 amide bonds. The monoisotopic (exact) mass is 355 g/mol. The largest absolute Gasteiger partial charge is 0.335 e. The molecular formula is C21H25NO2S. The second-order valence-electron chi connectivity index (χ2n) is 6.64. The van der Waals surface area contributed by atoms with Crippen LogP contribution < -0.4 is 0 Å². The fourth-order valence-electron chi connectivity index (χ4n) is 3.59. The fraction of sp³-hybridized carbons (Fsp3) is 0.381. The first-order chi connectivity index (χ1) is 12.1. The minimum Gasteiger partial charge on any atom is -0.335 e. The van der Waals surface area contributed by atoms with E-state index in [2.05, 4.69) is 31.2 Å². The van der Waals surface area contributed by atoms with E-state index in [-0.39, 0.29) is 11.9 Å². The Hall–Kier alpha value is -1.94. The van der Waals surface area contributed by atoms with Crippen molar-refractivity contribution < 1.29 is 9.00 Å². The van der Waals surface area contributed by atoms with Crippen LogP contribution in [0.25, 0.3) is 0 Å². The van der Waals surface area contributed by atoms with E-state index in [0.717, 1.165) is 37.1 Å². The summed E-state index contributed by atoms with van der Waals surface area (Å²) in [5.41, 5.74) is 3.46. The van der Waals surface area contributed by atoms with E-state index < -0.39 is 10.8 Å². The lowest BCUT2D eigenvalue weighted by Gasteiger charge is -2.35. The number of nitrogens with zero attached hydrogens (tertiary/aromatic N) is 1. The summed E-state index contributed by atoms with van der Waals surface area (Å²) in [7, 11) is -1.02. The Labute approximate surface area is 152 Å². The molecule has 0 unspecified atom stereocenters. The van der Waals surface area contributed by atoms with Crippen LogP contribution in [0.1, 0.15) is 41.3 Å². The van der Waals surface area contributed by atoms with Crippen LogP contribution in [0.15, 0.2) is 53.4 Å². The van der Waals surface area contributed by atoms with E-state index in [1.54, 1.807) is 30.5 Å². The van der Waals surface area contributed by atoms with Crippen molar-refractivity contribution in [3.63, 3.8) is 0 Å². The Morgan fingerprint density at radius 1 is 1.12 bits per heavy atom. The number of hydrogen-bond acceptors (Lipinski definition) is 2. The highest BCUT2D eigenvalue weighted by Gasteiger charge is 2.27. The molecule has 3 nitrogen and oxygen atoms in total. The predicted molar refractivity (Wildman–Crippen MR) is 102 cm³/mol. The van der Waals surface area contributed by atoms with Crippen LogP contribution >= 0.6 is 0 Å². The SMILES string of the molecule is CCCN(C(=O)c1ccc([S@@](C)=O)cc1)[C@@H]1CCc2ccccc2C1. The Morgan fingerprint density at radius 3 is 2.44 bits per heavy atom. The molecule has 0 aromatic heterocycles. The van der Waals surface area contributed by atoms with E-state index in [1.807, 2.05) is 4.90 Å². The summed E-state index contributed by atoms with van der Waals surface area (Å²) in [5, 5.41) is 0. The molecule has 0 heterocycles. The summed E-state index contributed by atoms with van der Waals surface area (Å²) in [5.74, 6) is 0.0830. The Balaban J connectivity index is 1.81. The van der Waals surface area contributed by atoms with Gasteiger partial charge < -0.3 is 4.90 Å². The third-order valence-electron chi connectivity index (χ3n) is 4.92. The molecule has 0 radical (unpaired) electrons. The number of fused-ring (bicyclic) bond motifs is 1. The van der Waals surface area contributed by atoms with E-state index in [1.165, 1.54) is 11.1 Å². The average Bonchev–Trinajstić information content (AvgIpc) is 2.65. The number of hydrogen-bond donors (Lipinski definition) is 0. The standard InChI is InChI=1S/C21H25NO2S/c1-3-14-22(19-11-8-16-6-4-5-7-18(16)15-19)21(23)17-9-12-20(13-10-17)25(2)24/h4-7,9-10,12-13,19H,3,8,11,14-15H2,1-2H3/t19-,25-/m1/s1. The molecule has 0 aliphatic heterocycles. The van der Waals surface area contributed by atoms with Gasteiger partial charge in [0.2, 0.25) is 0 Å². The maximum atomic E-state index is 13.1. The van der Waals surface area contributed by atoms with Gasteiger partial charge in [-0.3, -0.25) is 9.00 Å². The van der Waals surface area contributed by atoms with E-state index in [9.17, 15) is 9.00 Å². The zero-order valence-electron chi connectivity index (χ0n) is 14.9. The van der Waals surface area contributed by atoms with Crippen LogP contribution in [0.2, 0.25) is 0 Å². The first-order valence-electron chi connectivity index (χ1n) is 8.91. The van der Waals surface area contributed by atoms with Gasteiger partial charge in [0.15, 0.2) is 0 Å². The molecule has 132 valence electrons. The minimum atomic E-state index is -1.02. The average molecular weight is 356 g/mol. The van der Waals surface area contributed by atoms with Crippen molar-refractivity contribution in [2.24, 2.45) is 0 Å². The first-order valence-corrected chi connectivity index (χ1v) is 10.5. The van der Waals surface area contributed by atoms with Crippen molar-refractivity contribution in [1.82, 2.24) is 4.90 Å². The summed E-state index contributed by atoms with van der Waals surface area (Å²) in [6, 6.07) is 16.0. The van der Waals surface area contributed by atoms with Gasteiger partial charge in [0.05, 0.1) is 0 Å². The fourth-order valence-corrected chi connectivity index (χ4v) is 4.11. The molecule has 4 heteroatoms. The van der Waals surface area contributed by atoms with Gasteiger partial charge in [-0.1, -0.05) is 31.2 Å². The van der Waals surface area contributed by atoms with Crippen LogP contribution in [0, 0.1) is 0 Å². The number of aryl methyl sites for hydroxylation is 1. The maximum absolute atomic E-state index is 13.1. The second-order valence-corrected chi connectivity index (χ2v) is 8.02. The van der Waals surface area contributed by atoms with Crippen LogP contribution in [0.5, 0.6) is 0 Å². The van der Waals surface area contributed by atoms with Gasteiger partial charge in [-0.05, 0) is 61.1 Å². The van der Waals surface area contributed by atoms with Gasteiger partial charge in [-0.25, -0.2) is 0 Å². The zero-order valence-corrected chi connectivity index (χ0v) is 15.7. The highest BCUT2D eigenvalue weighted by molar-refractivity contribution is 7.84. The summed E-state index contributed by atoms with van der Waals surface area (Å²) in [4.78, 5) is 15.9. The molecule has 0 N–H and O–H groups in total. The summed E-state index contributed by atoms with van der Waals surface area (Å²) in [6.45, 7) is 2.88. The molecule has 0 saturated heterocycles. The number of amides is 1. The van der Waals surface area contributed by atoms with Gasteiger partial charge in [-0.15, -0.1) is 0 Å². The third kappa shape index (κ3) is 4.01. The molecule has 2 aromatic carbocycles. The lowest BCUT2D eigenvalue weighted by atomic mass is 9.87. The summed E-state index contributed by atoms with van der Waals surface area (Å²) < 4.78 is 11.5. The van der Waals surface area contributed by atoms with Crippen molar-refractivity contribution in [1.29, 1.82) is 0 Å². The molecule has 25 heavy (non-hydrogen) atoms. The van der Waals surface area contributed by atoms with Crippen LogP contribution in [0.3, 0.4) is 0 Å². The molecule has 3 rings (SSSR count). The first kappa shape index (κ1) is 17.9. The van der Waals surface area contributed by atoms with Crippen molar-refractivity contribution >= 4 is 16.7 Å². The molecule has 1 aliphatic rings. The normalized spacial score (nSPS) is 17.6. The van der Waals surface area contributed by atoms with Crippen molar-refractivity contribution in [2.75, 3.05) is 12.8 Å². The third-order valence-corrected chi connectivity index (χ3v) is 5.86. The number of rotatable bonds is 5. The molecule has 2 aromatic rings. The molecule has 0 spiro atoms. The summed E-state index contributed by atoms with van der Waals surface area (Å²) in [6.07, 6.45) is 5.57. The lowest BCUT2D eigenvalue weighted by molar-refractivity contribution is 0.0661. The predicted octanol–water partition coefficient (Wildman–Crippen LogP) is 3.83. The van der Waals surface area contributed by atoms with Gasteiger partial charge in [-0.2, -0.15) is 0 Å². The van der Waals surface area contributed by atoms with E-state index in [0.29, 0.717) is 5.56 Å². The molecule has 1 aliphatic carbocycles. The lowest BCUT2D eigenvalue weighted by Crippen LogP contribution is -2.43. The maximum Gasteiger partial charge on any atom is 0.254 e. The Morgan fingerprint density at radius 2 is 1.80 bits per heavy atom. The van der Waals surface area contributed by atoms with Crippen molar-refractivity contribution in [3.8, 4) is 0 Å². The van der Waals surface area contributed by atoms with Gasteiger partial charge >= 0.3 is 0 Å². The van der Waals surface area contributed by atoms with Crippen LogP contribution in [0.4, 0.5) is 0 Å². The van der Waals surface area contributed by atoms with E-state index >= 15 is 0 Å². The Kier molecular flexibility index (Phi) is 5.69. The number of carbonyl (C=O) groups is 1. The highest BCUT2D eigenvalue weighted by Crippen LogP contribution is 2.26. The van der Waals surface area contributed by atoms with Crippen LogP contribution in [-0.2, 0) is 23.6 Å². The summed E-state index contributed by atoms with van der Waals surface area (Å²) >= 11 is 0. The number of benzene rings is 2. The smallest absolute Gasteiger partial charge is 0.254 e. The zero-order chi connectivity index (χ0) is 17.8. The molecule has 0 fully saturated rings. The van der Waals surface area contributed by atoms with Crippen molar-refractivity contribution in [3.05, 3.63) is 65.2 Å². The van der Waals surface area contributed by atoms with Crippen molar-refractivity contribution in [2.45, 2.75) is 43.5 Å². The molecule has 0 bridgehead atoms. The minimum absolute atomic E-state index is 0.0830. The van der Waals surface area contributed by atoms with Gasteiger partial charge in [0.25, 0.3) is 5.91 Å². The highest BCUT2D eigenvalue weighted by atomic mass is 32.2. The van der Waals surface area contributed by atoms with Gasteiger partial charge in [0, 0.05) is 40.1 Å². The molecule has 0 saturated carbocycles. The molecule has 2 atom stereocenters. The number of carbonyl (C=O) groups excluding carboxylic acids is 1. The quantitative estimate of drug-likeness (QED) is 0.817. The molecular weight excluding hydrogens is 330 g/mol. The van der Waals surface area contributed by atoms with E-state index in [4.69, 9.17) is 0 Å².